The Labute approximate surface area is 296 Å². The lowest BCUT2D eigenvalue weighted by Crippen LogP contribution is -2.55. The second kappa shape index (κ2) is 10.1. The van der Waals surface area contributed by atoms with Gasteiger partial charge in [0.2, 0.25) is 0 Å². The van der Waals surface area contributed by atoms with Crippen molar-refractivity contribution in [3.05, 3.63) is 151 Å². The van der Waals surface area contributed by atoms with E-state index in [1.807, 2.05) is 11.3 Å². The summed E-state index contributed by atoms with van der Waals surface area (Å²) in [5.41, 5.74) is 10.1. The zero-order valence-corrected chi connectivity index (χ0v) is 28.8. The van der Waals surface area contributed by atoms with Gasteiger partial charge in [-0.1, -0.05) is 103 Å². The van der Waals surface area contributed by atoms with Gasteiger partial charge in [-0.25, -0.2) is 0 Å². The van der Waals surface area contributed by atoms with Crippen molar-refractivity contribution in [2.24, 2.45) is 23.7 Å². The second-order valence-electron chi connectivity index (χ2n) is 15.7. The van der Waals surface area contributed by atoms with Crippen LogP contribution in [0.5, 0.6) is 0 Å². The van der Waals surface area contributed by atoms with Gasteiger partial charge in [-0.2, -0.15) is 0 Å². The molecule has 1 aromatic heterocycles. The highest BCUT2D eigenvalue weighted by Gasteiger charge is 2.61. The summed E-state index contributed by atoms with van der Waals surface area (Å²) in [4.78, 5) is 2.63. The third kappa shape index (κ3) is 3.57. The second-order valence-corrected chi connectivity index (χ2v) is 16.8. The van der Waals surface area contributed by atoms with Gasteiger partial charge < -0.3 is 4.90 Å². The molecule has 0 aliphatic heterocycles. The maximum atomic E-state index is 2.66. The average Bonchev–Trinajstić information content (AvgIpc) is 3.68. The first-order valence-electron chi connectivity index (χ1n) is 18.6. The van der Waals surface area contributed by atoms with E-state index in [0.29, 0.717) is 0 Å². The van der Waals surface area contributed by atoms with Gasteiger partial charge in [0.25, 0.3) is 0 Å². The van der Waals surface area contributed by atoms with Crippen LogP contribution in [0, 0.1) is 23.7 Å². The molecule has 8 aromatic rings. The lowest BCUT2D eigenvalue weighted by Gasteiger charge is -2.61. The van der Waals surface area contributed by atoms with Crippen molar-refractivity contribution in [1.29, 1.82) is 0 Å². The minimum atomic E-state index is 0.119. The van der Waals surface area contributed by atoms with E-state index < -0.39 is 0 Å². The molecule has 0 saturated heterocycles. The van der Waals surface area contributed by atoms with E-state index in [1.165, 1.54) is 102 Å². The normalized spacial score (nSPS) is 24.5. The Morgan fingerprint density at radius 3 is 1.98 bits per heavy atom. The van der Waals surface area contributed by atoms with Gasteiger partial charge in [0.15, 0.2) is 0 Å². The van der Waals surface area contributed by atoms with Crippen molar-refractivity contribution in [1.82, 2.24) is 0 Å². The fourth-order valence-electron chi connectivity index (χ4n) is 11.8. The highest BCUT2D eigenvalue weighted by molar-refractivity contribution is 7.26. The van der Waals surface area contributed by atoms with Gasteiger partial charge in [-0.05, 0) is 131 Å². The average molecular weight is 660 g/mol. The van der Waals surface area contributed by atoms with Crippen LogP contribution < -0.4 is 4.90 Å². The molecule has 4 saturated carbocycles. The van der Waals surface area contributed by atoms with Crippen LogP contribution in [0.3, 0.4) is 0 Å². The summed E-state index contributed by atoms with van der Waals surface area (Å²) in [6.45, 7) is 0. The maximum absolute atomic E-state index is 2.66. The van der Waals surface area contributed by atoms with E-state index in [9.17, 15) is 0 Å². The number of rotatable bonds is 3. The Morgan fingerprint density at radius 2 is 1.14 bits per heavy atom. The van der Waals surface area contributed by atoms with E-state index in [0.717, 1.165) is 23.7 Å². The van der Waals surface area contributed by atoms with Crippen molar-refractivity contribution in [2.45, 2.75) is 37.5 Å². The molecule has 50 heavy (non-hydrogen) atoms. The van der Waals surface area contributed by atoms with Gasteiger partial charge in [0, 0.05) is 36.7 Å². The number of anilines is 3. The number of thiophene rings is 1. The monoisotopic (exact) mass is 659 g/mol. The molecule has 0 atom stereocenters. The van der Waals surface area contributed by atoms with Crippen LogP contribution in [0.1, 0.15) is 43.2 Å². The number of hydrogen-bond donors (Lipinski definition) is 0. The Bertz CT molecular complexity index is 2670. The van der Waals surface area contributed by atoms with Crippen LogP contribution in [-0.4, -0.2) is 0 Å². The lowest BCUT2D eigenvalue weighted by atomic mass is 9.43. The summed E-state index contributed by atoms with van der Waals surface area (Å²) in [5, 5.41) is 7.86. The van der Waals surface area contributed by atoms with Crippen LogP contribution in [0.25, 0.3) is 52.8 Å². The fraction of sp³-hybridized carbons (Fsp3) is 0.208. The molecule has 0 unspecified atom stereocenters. The number of benzene rings is 7. The minimum Gasteiger partial charge on any atom is -0.309 e. The molecule has 2 heteroatoms. The first kappa shape index (κ1) is 27.9. The van der Waals surface area contributed by atoms with Crippen LogP contribution in [0.2, 0.25) is 0 Å². The molecule has 0 amide bonds. The number of nitrogens with zero attached hydrogens (tertiary/aromatic N) is 1. The predicted octanol–water partition coefficient (Wildman–Crippen LogP) is 13.6. The van der Waals surface area contributed by atoms with Crippen molar-refractivity contribution in [3.63, 3.8) is 0 Å². The highest BCUT2D eigenvalue weighted by atomic mass is 32.1. The molecule has 4 bridgehead atoms. The molecule has 4 fully saturated rings. The molecule has 0 radical (unpaired) electrons. The molecular formula is C48H37NS. The Kier molecular flexibility index (Phi) is 5.62. The van der Waals surface area contributed by atoms with E-state index in [2.05, 4.69) is 144 Å². The summed E-state index contributed by atoms with van der Waals surface area (Å²) >= 11 is 1.91. The van der Waals surface area contributed by atoms with E-state index in [-0.39, 0.29) is 5.41 Å². The molecule has 240 valence electrons. The lowest BCUT2D eigenvalue weighted by molar-refractivity contribution is -0.0399. The minimum absolute atomic E-state index is 0.119. The molecule has 7 aromatic carbocycles. The van der Waals surface area contributed by atoms with E-state index in [1.54, 1.807) is 11.1 Å². The van der Waals surface area contributed by atoms with Crippen LogP contribution in [0.15, 0.2) is 140 Å². The standard InChI is InChI=1S/C48H37NS/c1-2-11-35-31(10-1)27-44(39-14-4-3-12-36(35)39)49(43-17-9-19-46-47(43)40-15-6-8-18-45(40)50-46)34-20-21-38-37-13-5-7-16-41(37)48(42(38)28-34)32-23-29-22-30(25-32)26-33(48)24-29/h1-21,27-30,32-33H,22-26H2. The SMILES string of the molecule is c1ccc2c(c1)-c1ccc(N(c3cc4ccccc4c4ccccc34)c3cccc4sc5ccccc5c34)cc1C21C2CC3CC(C2)CC1C3. The summed E-state index contributed by atoms with van der Waals surface area (Å²) in [7, 11) is 0. The van der Waals surface area contributed by atoms with Crippen LogP contribution >= 0.6 is 11.3 Å². The summed E-state index contributed by atoms with van der Waals surface area (Å²) in [6.07, 6.45) is 7.04. The zero-order chi connectivity index (χ0) is 32.6. The Balaban J connectivity index is 1.18. The largest absolute Gasteiger partial charge is 0.309 e. The molecule has 1 spiro atoms. The Morgan fingerprint density at radius 1 is 0.480 bits per heavy atom. The van der Waals surface area contributed by atoms with E-state index in [4.69, 9.17) is 0 Å². The van der Waals surface area contributed by atoms with Crippen LogP contribution in [0.4, 0.5) is 17.1 Å². The van der Waals surface area contributed by atoms with Crippen molar-refractivity contribution in [3.8, 4) is 11.1 Å². The third-order valence-corrected chi connectivity index (χ3v) is 14.5. The van der Waals surface area contributed by atoms with Crippen LogP contribution in [-0.2, 0) is 5.41 Å². The molecule has 1 heterocycles. The Hall–Kier alpha value is -4.92. The smallest absolute Gasteiger partial charge is 0.0555 e. The summed E-state index contributed by atoms with van der Waals surface area (Å²) in [5.74, 6) is 3.31. The highest BCUT2D eigenvalue weighted by Crippen LogP contribution is 2.69. The molecule has 0 N–H and O–H groups in total. The number of hydrogen-bond acceptors (Lipinski definition) is 2. The van der Waals surface area contributed by atoms with Gasteiger partial charge in [-0.15, -0.1) is 11.3 Å². The fourth-order valence-corrected chi connectivity index (χ4v) is 13.0. The van der Waals surface area contributed by atoms with Crippen molar-refractivity contribution in [2.75, 3.05) is 4.90 Å². The van der Waals surface area contributed by atoms with Gasteiger partial charge in [0.1, 0.15) is 0 Å². The summed E-state index contributed by atoms with van der Waals surface area (Å²) < 4.78 is 2.68. The topological polar surface area (TPSA) is 3.24 Å². The van der Waals surface area contributed by atoms with Gasteiger partial charge in [0.05, 0.1) is 11.4 Å². The number of fused-ring (bicyclic) bond motifs is 9. The molecule has 1 nitrogen and oxygen atoms in total. The van der Waals surface area contributed by atoms with Gasteiger partial charge >= 0.3 is 0 Å². The quantitative estimate of drug-likeness (QED) is 0.171. The molecule has 5 aliphatic carbocycles. The predicted molar refractivity (Wildman–Crippen MR) is 212 cm³/mol. The van der Waals surface area contributed by atoms with Crippen molar-refractivity contribution < 1.29 is 0 Å². The molecular weight excluding hydrogens is 623 g/mol. The maximum Gasteiger partial charge on any atom is 0.0555 e. The summed E-state index contributed by atoms with van der Waals surface area (Å²) in [6, 6.07) is 53.4. The zero-order valence-electron chi connectivity index (χ0n) is 28.0. The first-order chi connectivity index (χ1) is 24.8. The first-order valence-corrected chi connectivity index (χ1v) is 19.4. The molecule has 5 aliphatic rings. The van der Waals surface area contributed by atoms with Gasteiger partial charge in [-0.3, -0.25) is 0 Å². The van der Waals surface area contributed by atoms with E-state index >= 15 is 0 Å². The third-order valence-electron chi connectivity index (χ3n) is 13.4. The van der Waals surface area contributed by atoms with Crippen molar-refractivity contribution >= 4 is 70.1 Å². The molecule has 13 rings (SSSR count).